The first kappa shape index (κ1) is 13.4. The Balaban J connectivity index is 1.68. The highest BCUT2D eigenvalue weighted by molar-refractivity contribution is 5.27. The van der Waals surface area contributed by atoms with Gasteiger partial charge in [0, 0.05) is 6.54 Å². The normalized spacial score (nSPS) is 16.1. The molecule has 1 aromatic rings. The first-order chi connectivity index (χ1) is 8.88. The highest BCUT2D eigenvalue weighted by Crippen LogP contribution is 2.23. The summed E-state index contributed by atoms with van der Waals surface area (Å²) in [5.41, 5.74) is 1.34. The number of hydrogen-bond donors (Lipinski definition) is 1. The molecule has 2 heteroatoms. The van der Waals surface area contributed by atoms with Gasteiger partial charge in [0.05, 0.1) is 6.61 Å². The lowest BCUT2D eigenvalue weighted by Crippen LogP contribution is -2.20. The van der Waals surface area contributed by atoms with E-state index in [0.717, 1.165) is 31.2 Å². The molecule has 2 rings (SSSR count). The SMILES string of the molecule is CCCOc1ccc(CNCC2CCCC2)cc1. The van der Waals surface area contributed by atoms with Crippen LogP contribution in [0.3, 0.4) is 0 Å². The molecule has 1 N–H and O–H groups in total. The fourth-order valence-corrected chi connectivity index (χ4v) is 2.56. The molecule has 100 valence electrons. The van der Waals surface area contributed by atoms with E-state index in [2.05, 4.69) is 36.5 Å². The van der Waals surface area contributed by atoms with Crippen LogP contribution in [-0.2, 0) is 6.54 Å². The van der Waals surface area contributed by atoms with Crippen molar-refractivity contribution in [2.24, 2.45) is 5.92 Å². The van der Waals surface area contributed by atoms with E-state index in [-0.39, 0.29) is 0 Å². The first-order valence-electron chi connectivity index (χ1n) is 7.31. The average Bonchev–Trinajstić information content (AvgIpc) is 2.91. The van der Waals surface area contributed by atoms with Crippen LogP contribution in [0.5, 0.6) is 5.75 Å². The molecule has 0 amide bonds. The summed E-state index contributed by atoms with van der Waals surface area (Å²) < 4.78 is 5.58. The predicted octanol–water partition coefficient (Wildman–Crippen LogP) is 3.76. The van der Waals surface area contributed by atoms with E-state index in [9.17, 15) is 0 Å². The Morgan fingerprint density at radius 1 is 1.17 bits per heavy atom. The van der Waals surface area contributed by atoms with Crippen LogP contribution < -0.4 is 10.1 Å². The van der Waals surface area contributed by atoms with Gasteiger partial charge >= 0.3 is 0 Å². The smallest absolute Gasteiger partial charge is 0.119 e. The van der Waals surface area contributed by atoms with Crippen LogP contribution in [0.15, 0.2) is 24.3 Å². The van der Waals surface area contributed by atoms with Crippen molar-refractivity contribution in [1.82, 2.24) is 5.32 Å². The third-order valence-corrected chi connectivity index (χ3v) is 3.63. The van der Waals surface area contributed by atoms with Crippen LogP contribution in [0.2, 0.25) is 0 Å². The summed E-state index contributed by atoms with van der Waals surface area (Å²) in [5.74, 6) is 1.90. The highest BCUT2D eigenvalue weighted by atomic mass is 16.5. The minimum Gasteiger partial charge on any atom is -0.494 e. The van der Waals surface area contributed by atoms with E-state index < -0.39 is 0 Å². The van der Waals surface area contributed by atoms with Crippen LogP contribution in [0.4, 0.5) is 0 Å². The molecule has 1 fully saturated rings. The lowest BCUT2D eigenvalue weighted by atomic mass is 10.1. The second-order valence-electron chi connectivity index (χ2n) is 5.27. The summed E-state index contributed by atoms with van der Waals surface area (Å²) in [4.78, 5) is 0. The largest absolute Gasteiger partial charge is 0.494 e. The quantitative estimate of drug-likeness (QED) is 0.792. The first-order valence-corrected chi connectivity index (χ1v) is 7.31. The molecule has 0 spiro atoms. The van der Waals surface area contributed by atoms with Gasteiger partial charge in [0.1, 0.15) is 5.75 Å². The fourth-order valence-electron chi connectivity index (χ4n) is 2.56. The molecule has 0 bridgehead atoms. The molecule has 1 saturated carbocycles. The highest BCUT2D eigenvalue weighted by Gasteiger charge is 2.13. The van der Waals surface area contributed by atoms with Crippen LogP contribution in [-0.4, -0.2) is 13.2 Å². The molecule has 0 unspecified atom stereocenters. The van der Waals surface area contributed by atoms with Crippen molar-refractivity contribution in [2.45, 2.75) is 45.6 Å². The predicted molar refractivity (Wildman–Crippen MR) is 75.9 cm³/mol. The zero-order chi connectivity index (χ0) is 12.6. The van der Waals surface area contributed by atoms with Crippen molar-refractivity contribution in [2.75, 3.05) is 13.2 Å². The zero-order valence-electron chi connectivity index (χ0n) is 11.5. The van der Waals surface area contributed by atoms with Gasteiger partial charge in [-0.1, -0.05) is 31.9 Å². The summed E-state index contributed by atoms with van der Waals surface area (Å²) in [6.07, 6.45) is 6.74. The van der Waals surface area contributed by atoms with E-state index in [0.29, 0.717) is 0 Å². The molecular formula is C16H25NO. The second kappa shape index (κ2) is 7.42. The fraction of sp³-hybridized carbons (Fsp3) is 0.625. The Morgan fingerprint density at radius 2 is 1.89 bits per heavy atom. The standard InChI is InChI=1S/C16H25NO/c1-2-11-18-16-9-7-15(8-10-16)13-17-12-14-5-3-4-6-14/h7-10,14,17H,2-6,11-13H2,1H3. The molecule has 0 aliphatic heterocycles. The van der Waals surface area contributed by atoms with Crippen molar-refractivity contribution >= 4 is 0 Å². The van der Waals surface area contributed by atoms with E-state index in [1.165, 1.54) is 37.8 Å². The van der Waals surface area contributed by atoms with E-state index >= 15 is 0 Å². The van der Waals surface area contributed by atoms with E-state index in [4.69, 9.17) is 4.74 Å². The number of rotatable bonds is 7. The molecule has 0 radical (unpaired) electrons. The van der Waals surface area contributed by atoms with Gasteiger partial charge < -0.3 is 10.1 Å². The van der Waals surface area contributed by atoms with Crippen molar-refractivity contribution in [1.29, 1.82) is 0 Å². The Hall–Kier alpha value is -1.02. The summed E-state index contributed by atoms with van der Waals surface area (Å²) in [7, 11) is 0. The van der Waals surface area contributed by atoms with Gasteiger partial charge in [-0.15, -0.1) is 0 Å². The molecular weight excluding hydrogens is 222 g/mol. The summed E-state index contributed by atoms with van der Waals surface area (Å²) in [6.45, 7) is 5.08. The third kappa shape index (κ3) is 4.34. The van der Waals surface area contributed by atoms with Gasteiger partial charge in [0.15, 0.2) is 0 Å². The Kier molecular flexibility index (Phi) is 5.53. The van der Waals surface area contributed by atoms with E-state index in [1.807, 2.05) is 0 Å². The van der Waals surface area contributed by atoms with Crippen LogP contribution >= 0.6 is 0 Å². The lowest BCUT2D eigenvalue weighted by molar-refractivity contribution is 0.317. The molecule has 0 heterocycles. The van der Waals surface area contributed by atoms with Crippen molar-refractivity contribution in [3.05, 3.63) is 29.8 Å². The van der Waals surface area contributed by atoms with Gasteiger partial charge in [0.2, 0.25) is 0 Å². The van der Waals surface area contributed by atoms with Gasteiger partial charge in [-0.25, -0.2) is 0 Å². The van der Waals surface area contributed by atoms with Gasteiger partial charge in [0.25, 0.3) is 0 Å². The number of nitrogens with one attached hydrogen (secondary N) is 1. The van der Waals surface area contributed by atoms with Gasteiger partial charge in [-0.3, -0.25) is 0 Å². The lowest BCUT2D eigenvalue weighted by Gasteiger charge is -2.11. The van der Waals surface area contributed by atoms with E-state index in [1.54, 1.807) is 0 Å². The number of benzene rings is 1. The molecule has 0 aromatic heterocycles. The van der Waals surface area contributed by atoms with Crippen LogP contribution in [0, 0.1) is 5.92 Å². The minimum absolute atomic E-state index is 0.805. The zero-order valence-corrected chi connectivity index (χ0v) is 11.5. The second-order valence-corrected chi connectivity index (χ2v) is 5.27. The monoisotopic (exact) mass is 247 g/mol. The van der Waals surface area contributed by atoms with Crippen molar-refractivity contribution in [3.63, 3.8) is 0 Å². The molecule has 18 heavy (non-hydrogen) atoms. The summed E-state index contributed by atoms with van der Waals surface area (Å²) in [5, 5.41) is 3.57. The molecule has 1 aliphatic rings. The van der Waals surface area contributed by atoms with Crippen LogP contribution in [0.25, 0.3) is 0 Å². The van der Waals surface area contributed by atoms with Crippen molar-refractivity contribution < 1.29 is 4.74 Å². The maximum absolute atomic E-state index is 5.58. The summed E-state index contributed by atoms with van der Waals surface area (Å²) >= 11 is 0. The number of hydrogen-bond acceptors (Lipinski definition) is 2. The molecule has 0 atom stereocenters. The van der Waals surface area contributed by atoms with Gasteiger partial charge in [-0.2, -0.15) is 0 Å². The summed E-state index contributed by atoms with van der Waals surface area (Å²) in [6, 6.07) is 8.46. The molecule has 2 nitrogen and oxygen atoms in total. The maximum atomic E-state index is 5.58. The topological polar surface area (TPSA) is 21.3 Å². The molecule has 0 saturated heterocycles. The average molecular weight is 247 g/mol. The maximum Gasteiger partial charge on any atom is 0.119 e. The molecule has 1 aliphatic carbocycles. The van der Waals surface area contributed by atoms with Gasteiger partial charge in [-0.05, 0) is 49.4 Å². The number of ether oxygens (including phenoxy) is 1. The Morgan fingerprint density at radius 3 is 2.56 bits per heavy atom. The molecule has 1 aromatic carbocycles. The Bertz CT molecular complexity index is 327. The van der Waals surface area contributed by atoms with Crippen molar-refractivity contribution in [3.8, 4) is 5.75 Å². The van der Waals surface area contributed by atoms with Crippen LogP contribution in [0.1, 0.15) is 44.6 Å². The Labute approximate surface area is 111 Å². The minimum atomic E-state index is 0.805. The third-order valence-electron chi connectivity index (χ3n) is 3.63.